The van der Waals surface area contributed by atoms with Crippen LogP contribution in [0, 0.1) is 11.6 Å². The number of sulfonamides is 1. The standard InChI is InChI=1S/C19H14ClF2N3O2S/c20-14-3-1-12(2-4-14)19-23-10-13-11-25(8-7-17(13)24-19)28(26,27)18-9-15(21)5-6-16(18)22/h1-6,9-10H,7-8,11H2. The molecule has 3 aromatic rings. The van der Waals surface area contributed by atoms with Crippen molar-refractivity contribution in [3.05, 3.63) is 76.6 Å². The van der Waals surface area contributed by atoms with Crippen molar-refractivity contribution >= 4 is 21.6 Å². The van der Waals surface area contributed by atoms with E-state index in [1.54, 1.807) is 30.5 Å². The van der Waals surface area contributed by atoms with E-state index in [9.17, 15) is 17.2 Å². The summed E-state index contributed by atoms with van der Waals surface area (Å²) in [5.41, 5.74) is 2.15. The maximum absolute atomic E-state index is 14.0. The second kappa shape index (κ2) is 7.20. The SMILES string of the molecule is O=S(=O)(c1cc(F)ccc1F)N1CCc2nc(-c3ccc(Cl)cc3)ncc2C1. The smallest absolute Gasteiger partial charge is 0.236 e. The minimum Gasteiger partial charge on any atom is -0.236 e. The highest BCUT2D eigenvalue weighted by Gasteiger charge is 2.31. The van der Waals surface area contributed by atoms with Gasteiger partial charge in [-0.25, -0.2) is 27.2 Å². The Labute approximate surface area is 165 Å². The van der Waals surface area contributed by atoms with Gasteiger partial charge in [0.2, 0.25) is 10.0 Å². The lowest BCUT2D eigenvalue weighted by molar-refractivity contribution is 0.383. The molecule has 2 heterocycles. The quantitative estimate of drug-likeness (QED) is 0.645. The molecule has 0 saturated carbocycles. The van der Waals surface area contributed by atoms with E-state index in [1.807, 2.05) is 0 Å². The normalized spacial score (nSPS) is 14.7. The zero-order valence-corrected chi connectivity index (χ0v) is 16.0. The Kier molecular flexibility index (Phi) is 4.86. The molecular formula is C19H14ClF2N3O2S. The van der Waals surface area contributed by atoms with Crippen LogP contribution in [-0.4, -0.2) is 29.2 Å². The van der Waals surface area contributed by atoms with Crippen molar-refractivity contribution in [3.8, 4) is 11.4 Å². The first-order valence-electron chi connectivity index (χ1n) is 8.40. The number of fused-ring (bicyclic) bond motifs is 1. The number of benzene rings is 2. The van der Waals surface area contributed by atoms with Gasteiger partial charge in [-0.3, -0.25) is 0 Å². The molecule has 0 fully saturated rings. The lowest BCUT2D eigenvalue weighted by atomic mass is 10.1. The molecule has 0 unspecified atom stereocenters. The Morgan fingerprint density at radius 1 is 1.07 bits per heavy atom. The minimum absolute atomic E-state index is 0.00544. The summed E-state index contributed by atoms with van der Waals surface area (Å²) in [7, 11) is -4.18. The van der Waals surface area contributed by atoms with E-state index in [4.69, 9.17) is 11.6 Å². The molecule has 2 aromatic carbocycles. The van der Waals surface area contributed by atoms with Crippen LogP contribution in [-0.2, 0) is 23.0 Å². The van der Waals surface area contributed by atoms with Crippen molar-refractivity contribution in [2.24, 2.45) is 0 Å². The first-order valence-corrected chi connectivity index (χ1v) is 10.2. The van der Waals surface area contributed by atoms with E-state index >= 15 is 0 Å². The lowest BCUT2D eigenvalue weighted by Crippen LogP contribution is -2.37. The Hall–Kier alpha value is -2.42. The van der Waals surface area contributed by atoms with Gasteiger partial charge in [-0.1, -0.05) is 11.6 Å². The third-order valence-electron chi connectivity index (χ3n) is 4.51. The van der Waals surface area contributed by atoms with Gasteiger partial charge < -0.3 is 0 Å². The summed E-state index contributed by atoms with van der Waals surface area (Å²) in [6.45, 7) is 0.108. The first-order chi connectivity index (χ1) is 13.3. The monoisotopic (exact) mass is 421 g/mol. The van der Waals surface area contributed by atoms with Crippen LogP contribution in [0.15, 0.2) is 53.6 Å². The lowest BCUT2D eigenvalue weighted by Gasteiger charge is -2.27. The summed E-state index contributed by atoms with van der Waals surface area (Å²) in [4.78, 5) is 8.16. The molecule has 9 heteroatoms. The van der Waals surface area contributed by atoms with Gasteiger partial charge >= 0.3 is 0 Å². The fourth-order valence-electron chi connectivity index (χ4n) is 3.05. The topological polar surface area (TPSA) is 63.2 Å². The van der Waals surface area contributed by atoms with E-state index in [-0.39, 0.29) is 13.1 Å². The van der Waals surface area contributed by atoms with Gasteiger partial charge in [-0.05, 0) is 42.5 Å². The summed E-state index contributed by atoms with van der Waals surface area (Å²) < 4.78 is 54.0. The summed E-state index contributed by atoms with van der Waals surface area (Å²) in [5.74, 6) is -1.28. The molecular weight excluding hydrogens is 408 g/mol. The summed E-state index contributed by atoms with van der Waals surface area (Å²) >= 11 is 5.89. The van der Waals surface area contributed by atoms with Crippen LogP contribution in [0.4, 0.5) is 8.78 Å². The second-order valence-corrected chi connectivity index (χ2v) is 8.68. The Bertz CT molecular complexity index is 1150. The molecule has 1 aliphatic heterocycles. The molecule has 0 radical (unpaired) electrons. The predicted molar refractivity (Wildman–Crippen MR) is 100 cm³/mol. The van der Waals surface area contributed by atoms with Crippen molar-refractivity contribution < 1.29 is 17.2 Å². The summed E-state index contributed by atoms with van der Waals surface area (Å²) in [6, 6.07) is 9.46. The van der Waals surface area contributed by atoms with Crippen LogP contribution < -0.4 is 0 Å². The highest BCUT2D eigenvalue weighted by Crippen LogP contribution is 2.27. The highest BCUT2D eigenvalue weighted by atomic mass is 35.5. The molecule has 0 N–H and O–H groups in total. The van der Waals surface area contributed by atoms with Crippen molar-refractivity contribution in [2.45, 2.75) is 17.9 Å². The number of rotatable bonds is 3. The number of hydrogen-bond acceptors (Lipinski definition) is 4. The van der Waals surface area contributed by atoms with Crippen LogP contribution in [0.5, 0.6) is 0 Å². The highest BCUT2D eigenvalue weighted by molar-refractivity contribution is 7.89. The number of nitrogens with zero attached hydrogens (tertiary/aromatic N) is 3. The Morgan fingerprint density at radius 2 is 1.82 bits per heavy atom. The van der Waals surface area contributed by atoms with Gasteiger partial charge in [0.15, 0.2) is 5.82 Å². The van der Waals surface area contributed by atoms with Crippen LogP contribution in [0.25, 0.3) is 11.4 Å². The third-order valence-corrected chi connectivity index (χ3v) is 6.62. The molecule has 28 heavy (non-hydrogen) atoms. The molecule has 144 valence electrons. The van der Waals surface area contributed by atoms with Crippen molar-refractivity contribution in [3.63, 3.8) is 0 Å². The molecule has 1 aromatic heterocycles. The molecule has 0 amide bonds. The maximum atomic E-state index is 14.0. The predicted octanol–water partition coefficient (Wildman–Crippen LogP) is 3.82. The van der Waals surface area contributed by atoms with Gasteiger partial charge in [0.25, 0.3) is 0 Å². The molecule has 1 aliphatic rings. The van der Waals surface area contributed by atoms with E-state index in [0.29, 0.717) is 28.9 Å². The Balaban J connectivity index is 1.63. The molecule has 0 spiro atoms. The van der Waals surface area contributed by atoms with E-state index < -0.39 is 26.6 Å². The van der Waals surface area contributed by atoms with Gasteiger partial charge in [-0.2, -0.15) is 4.31 Å². The van der Waals surface area contributed by atoms with Crippen molar-refractivity contribution in [2.75, 3.05) is 6.54 Å². The molecule has 0 saturated heterocycles. The zero-order chi connectivity index (χ0) is 19.9. The van der Waals surface area contributed by atoms with Gasteiger partial charge in [0.1, 0.15) is 16.5 Å². The third kappa shape index (κ3) is 3.50. The van der Waals surface area contributed by atoms with Crippen LogP contribution in [0.3, 0.4) is 0 Å². The second-order valence-electron chi connectivity index (χ2n) is 6.34. The van der Waals surface area contributed by atoms with E-state index in [0.717, 1.165) is 27.7 Å². The van der Waals surface area contributed by atoms with Crippen LogP contribution >= 0.6 is 11.6 Å². The van der Waals surface area contributed by atoms with Gasteiger partial charge in [-0.15, -0.1) is 0 Å². The van der Waals surface area contributed by atoms with Gasteiger partial charge in [0.05, 0.1) is 5.69 Å². The largest absolute Gasteiger partial charge is 0.246 e. The van der Waals surface area contributed by atoms with E-state index in [1.165, 1.54) is 0 Å². The van der Waals surface area contributed by atoms with Gasteiger partial charge in [0, 0.05) is 41.9 Å². The Morgan fingerprint density at radius 3 is 2.57 bits per heavy atom. The van der Waals surface area contributed by atoms with Crippen molar-refractivity contribution in [1.82, 2.24) is 14.3 Å². The number of halogens is 3. The molecule has 5 nitrogen and oxygen atoms in total. The average molecular weight is 422 g/mol. The number of aromatic nitrogens is 2. The minimum atomic E-state index is -4.18. The molecule has 0 aliphatic carbocycles. The molecule has 4 rings (SSSR count). The fourth-order valence-corrected chi connectivity index (χ4v) is 4.67. The van der Waals surface area contributed by atoms with Crippen LogP contribution in [0.2, 0.25) is 5.02 Å². The maximum Gasteiger partial charge on any atom is 0.246 e. The van der Waals surface area contributed by atoms with Crippen LogP contribution in [0.1, 0.15) is 11.3 Å². The molecule has 0 atom stereocenters. The van der Waals surface area contributed by atoms with Crippen molar-refractivity contribution in [1.29, 1.82) is 0 Å². The summed E-state index contributed by atoms with van der Waals surface area (Å²) in [6.07, 6.45) is 1.91. The fraction of sp³-hybridized carbons (Fsp3) is 0.158. The number of hydrogen-bond donors (Lipinski definition) is 0. The zero-order valence-electron chi connectivity index (χ0n) is 14.4. The average Bonchev–Trinajstić information content (AvgIpc) is 2.69. The molecule has 0 bridgehead atoms. The van der Waals surface area contributed by atoms with E-state index in [2.05, 4.69) is 9.97 Å². The summed E-state index contributed by atoms with van der Waals surface area (Å²) in [5, 5.41) is 0.604. The first kappa shape index (κ1) is 18.9.